The average molecular weight is 272 g/mol. The van der Waals surface area contributed by atoms with Crippen molar-refractivity contribution in [2.45, 2.75) is 0 Å². The van der Waals surface area contributed by atoms with Crippen LogP contribution in [-0.4, -0.2) is 21.3 Å². The fraction of sp³-hybridized carbons (Fsp3) is 0. The molecule has 0 saturated carbocycles. The van der Waals surface area contributed by atoms with Crippen LogP contribution in [0.2, 0.25) is 5.15 Å². The highest BCUT2D eigenvalue weighted by molar-refractivity contribution is 14.1. The Morgan fingerprint density at radius 1 is 1.80 bits per heavy atom. The molecule has 0 aliphatic rings. The summed E-state index contributed by atoms with van der Waals surface area (Å²) in [5.41, 5.74) is -0.0365. The molecule has 0 bridgehead atoms. The van der Waals surface area contributed by atoms with Crippen LogP contribution in [-0.2, 0) is 0 Å². The van der Waals surface area contributed by atoms with Gasteiger partial charge in [-0.05, 0) is 22.6 Å². The predicted molar refractivity (Wildman–Crippen MR) is 43.3 cm³/mol. The molecule has 10 heavy (non-hydrogen) atoms. The van der Waals surface area contributed by atoms with E-state index in [2.05, 4.69) is 10.2 Å². The van der Waals surface area contributed by atoms with Crippen molar-refractivity contribution in [2.75, 3.05) is 0 Å². The molecule has 0 spiro atoms. The van der Waals surface area contributed by atoms with Gasteiger partial charge in [-0.25, -0.2) is 4.79 Å². The molecule has 6 heteroatoms. The highest BCUT2D eigenvalue weighted by atomic mass is 127. The van der Waals surface area contributed by atoms with Crippen LogP contribution in [0, 0.1) is 3.57 Å². The van der Waals surface area contributed by atoms with Crippen molar-refractivity contribution in [1.29, 1.82) is 0 Å². The standard InChI is InChI=1S/C4H2ClIN2O2/c5-3-1(6)2(4(9)10)7-8-3/h(H,7,8)(H,9,10). The van der Waals surface area contributed by atoms with Crippen LogP contribution in [0.1, 0.15) is 10.5 Å². The van der Waals surface area contributed by atoms with Crippen molar-refractivity contribution in [2.24, 2.45) is 0 Å². The molecule has 4 nitrogen and oxygen atoms in total. The minimum absolute atomic E-state index is 0.0365. The molecule has 2 N–H and O–H groups in total. The summed E-state index contributed by atoms with van der Waals surface area (Å²) >= 11 is 7.29. The molecule has 0 aliphatic heterocycles. The van der Waals surface area contributed by atoms with Gasteiger partial charge in [0.15, 0.2) is 5.69 Å². The van der Waals surface area contributed by atoms with Gasteiger partial charge in [0.2, 0.25) is 0 Å². The molecule has 0 amide bonds. The van der Waals surface area contributed by atoms with Gasteiger partial charge >= 0.3 is 5.97 Å². The van der Waals surface area contributed by atoms with E-state index in [9.17, 15) is 4.79 Å². The van der Waals surface area contributed by atoms with Gasteiger partial charge in [0.1, 0.15) is 5.15 Å². The largest absolute Gasteiger partial charge is 0.476 e. The molecule has 0 aliphatic carbocycles. The van der Waals surface area contributed by atoms with Gasteiger partial charge in [-0.3, -0.25) is 5.10 Å². The first-order chi connectivity index (χ1) is 4.63. The average Bonchev–Trinajstić information content (AvgIpc) is 2.14. The molecule has 1 aromatic rings. The van der Waals surface area contributed by atoms with Crippen molar-refractivity contribution >= 4 is 40.2 Å². The first kappa shape index (κ1) is 7.80. The van der Waals surface area contributed by atoms with Crippen molar-refractivity contribution in [3.63, 3.8) is 0 Å². The number of nitrogens with zero attached hydrogens (tertiary/aromatic N) is 1. The van der Waals surface area contributed by atoms with Crippen molar-refractivity contribution < 1.29 is 9.90 Å². The third-order valence-electron chi connectivity index (χ3n) is 0.869. The van der Waals surface area contributed by atoms with Gasteiger partial charge in [-0.1, -0.05) is 11.6 Å². The lowest BCUT2D eigenvalue weighted by molar-refractivity contribution is 0.0689. The minimum Gasteiger partial charge on any atom is -0.476 e. The number of hydrogen-bond donors (Lipinski definition) is 2. The highest BCUT2D eigenvalue weighted by Gasteiger charge is 2.14. The maximum absolute atomic E-state index is 10.3. The van der Waals surface area contributed by atoms with E-state index in [0.717, 1.165) is 0 Å². The van der Waals surface area contributed by atoms with Gasteiger partial charge in [-0.2, -0.15) is 5.10 Å². The van der Waals surface area contributed by atoms with Crippen molar-refractivity contribution in [3.05, 3.63) is 14.4 Å². The van der Waals surface area contributed by atoms with Gasteiger partial charge in [-0.15, -0.1) is 0 Å². The predicted octanol–water partition coefficient (Wildman–Crippen LogP) is 1.37. The summed E-state index contributed by atoms with van der Waals surface area (Å²) in [7, 11) is 0. The second-order valence-corrected chi connectivity index (χ2v) is 2.96. The fourth-order valence-electron chi connectivity index (χ4n) is 0.449. The zero-order valence-corrected chi connectivity index (χ0v) is 7.47. The number of carboxylic acid groups (broad SMARTS) is 1. The van der Waals surface area contributed by atoms with E-state index in [0.29, 0.717) is 3.57 Å². The lowest BCUT2D eigenvalue weighted by atomic mass is 10.4. The van der Waals surface area contributed by atoms with Crippen molar-refractivity contribution in [1.82, 2.24) is 10.2 Å². The topological polar surface area (TPSA) is 66.0 Å². The number of nitrogens with one attached hydrogen (secondary N) is 1. The summed E-state index contributed by atoms with van der Waals surface area (Å²) in [5.74, 6) is -1.08. The van der Waals surface area contributed by atoms with Crippen LogP contribution in [0.3, 0.4) is 0 Å². The molecule has 0 unspecified atom stereocenters. The van der Waals surface area contributed by atoms with Crippen LogP contribution >= 0.6 is 34.2 Å². The number of aromatic carboxylic acids is 1. The number of carbonyl (C=O) groups is 1. The summed E-state index contributed by atoms with van der Waals surface area (Å²) < 4.78 is 0.437. The first-order valence-corrected chi connectivity index (χ1v) is 3.71. The number of H-pyrrole nitrogens is 1. The molecule has 0 radical (unpaired) electrons. The Hall–Kier alpha value is -0.300. The summed E-state index contributed by atoms with van der Waals surface area (Å²) in [6.45, 7) is 0. The van der Waals surface area contributed by atoms with Gasteiger partial charge in [0.05, 0.1) is 3.57 Å². The van der Waals surface area contributed by atoms with Crippen LogP contribution in [0.5, 0.6) is 0 Å². The maximum Gasteiger partial charge on any atom is 0.357 e. The normalized spacial score (nSPS) is 9.80. The van der Waals surface area contributed by atoms with E-state index < -0.39 is 5.97 Å². The van der Waals surface area contributed by atoms with E-state index in [1.54, 1.807) is 0 Å². The number of aromatic amines is 1. The van der Waals surface area contributed by atoms with Gasteiger partial charge in [0.25, 0.3) is 0 Å². The summed E-state index contributed by atoms with van der Waals surface area (Å²) in [6, 6.07) is 0. The molecule has 0 atom stereocenters. The first-order valence-electron chi connectivity index (χ1n) is 2.25. The Morgan fingerprint density at radius 3 is 2.60 bits per heavy atom. The Labute approximate surface area is 74.7 Å². The van der Waals surface area contributed by atoms with Crippen LogP contribution in [0.15, 0.2) is 0 Å². The Balaban J connectivity index is 3.17. The second kappa shape index (κ2) is 2.75. The monoisotopic (exact) mass is 272 g/mol. The Bertz CT molecular complexity index is 272. The fourth-order valence-corrected chi connectivity index (χ4v) is 1.05. The summed E-state index contributed by atoms with van der Waals surface area (Å²) in [5, 5.41) is 14.5. The van der Waals surface area contributed by atoms with Gasteiger partial charge < -0.3 is 5.11 Å². The number of carboxylic acids is 1. The molecular formula is C4H2ClIN2O2. The molecule has 0 saturated heterocycles. The van der Waals surface area contributed by atoms with Crippen molar-refractivity contribution in [3.8, 4) is 0 Å². The number of halogens is 2. The highest BCUT2D eigenvalue weighted by Crippen LogP contribution is 2.18. The summed E-state index contributed by atoms with van der Waals surface area (Å²) in [6.07, 6.45) is 0. The number of hydrogen-bond acceptors (Lipinski definition) is 2. The lowest BCUT2D eigenvalue weighted by Crippen LogP contribution is -1.98. The minimum atomic E-state index is -1.08. The van der Waals surface area contributed by atoms with Crippen LogP contribution < -0.4 is 0 Å². The SMILES string of the molecule is O=C(O)c1n[nH]c(Cl)c1I. The second-order valence-electron chi connectivity index (χ2n) is 1.51. The third kappa shape index (κ3) is 1.24. The molecule has 54 valence electrons. The molecule has 1 heterocycles. The zero-order chi connectivity index (χ0) is 7.72. The Kier molecular flexibility index (Phi) is 2.14. The zero-order valence-electron chi connectivity index (χ0n) is 4.56. The smallest absolute Gasteiger partial charge is 0.357 e. The number of rotatable bonds is 1. The number of aromatic nitrogens is 2. The summed E-state index contributed by atoms with van der Waals surface area (Å²) in [4.78, 5) is 10.3. The quantitative estimate of drug-likeness (QED) is 0.759. The molecule has 1 aromatic heterocycles. The molecule has 0 aromatic carbocycles. The molecule has 1 rings (SSSR count). The molecule has 0 fully saturated rings. The molecular weight excluding hydrogens is 270 g/mol. The third-order valence-corrected chi connectivity index (χ3v) is 2.51. The van der Waals surface area contributed by atoms with E-state index in [1.165, 1.54) is 0 Å². The van der Waals surface area contributed by atoms with Gasteiger partial charge in [0, 0.05) is 0 Å². The van der Waals surface area contributed by atoms with Crippen LogP contribution in [0.4, 0.5) is 0 Å². The van der Waals surface area contributed by atoms with E-state index in [-0.39, 0.29) is 10.8 Å². The van der Waals surface area contributed by atoms with E-state index in [1.807, 2.05) is 22.6 Å². The lowest BCUT2D eigenvalue weighted by Gasteiger charge is -1.84. The maximum atomic E-state index is 10.3. The van der Waals surface area contributed by atoms with E-state index >= 15 is 0 Å². The van der Waals surface area contributed by atoms with Crippen LogP contribution in [0.25, 0.3) is 0 Å². The van der Waals surface area contributed by atoms with E-state index in [4.69, 9.17) is 16.7 Å². The Morgan fingerprint density at radius 2 is 2.40 bits per heavy atom.